The Morgan fingerprint density at radius 2 is 0.808 bits per heavy atom. The van der Waals surface area contributed by atoms with Crippen molar-refractivity contribution in [2.45, 2.75) is 0 Å². The SMILES string of the molecule is Brc1ccc(-c2c3ccccc3c(-c3ccc(Br)s3)c3ccccc23)s1. The second kappa shape index (κ2) is 6.61. The molecule has 0 fully saturated rings. The van der Waals surface area contributed by atoms with Crippen LogP contribution in [0.5, 0.6) is 0 Å². The average molecular weight is 500 g/mol. The van der Waals surface area contributed by atoms with Crippen molar-refractivity contribution in [2.75, 3.05) is 0 Å². The second-order valence-corrected chi connectivity index (χ2v) is 11.0. The van der Waals surface area contributed by atoms with E-state index >= 15 is 0 Å². The molecule has 0 aliphatic rings. The Balaban J connectivity index is 2.01. The van der Waals surface area contributed by atoms with E-state index in [9.17, 15) is 0 Å². The van der Waals surface area contributed by atoms with Crippen LogP contribution in [0.2, 0.25) is 0 Å². The van der Waals surface area contributed by atoms with Crippen LogP contribution in [0.1, 0.15) is 0 Å². The van der Waals surface area contributed by atoms with Gasteiger partial charge in [-0.3, -0.25) is 0 Å². The zero-order valence-corrected chi connectivity index (χ0v) is 18.3. The van der Waals surface area contributed by atoms with Crippen LogP contribution in [0.4, 0.5) is 0 Å². The predicted molar refractivity (Wildman–Crippen MR) is 123 cm³/mol. The van der Waals surface area contributed by atoms with Gasteiger partial charge in [0.25, 0.3) is 0 Å². The number of benzene rings is 3. The van der Waals surface area contributed by atoms with Crippen molar-refractivity contribution in [2.24, 2.45) is 0 Å². The number of fused-ring (bicyclic) bond motifs is 2. The first-order chi connectivity index (χ1) is 12.7. The number of halogens is 2. The van der Waals surface area contributed by atoms with Gasteiger partial charge >= 0.3 is 0 Å². The fourth-order valence-corrected chi connectivity index (χ4v) is 6.48. The molecule has 0 spiro atoms. The predicted octanol–water partition coefficient (Wildman–Crippen LogP) is 8.97. The quantitative estimate of drug-likeness (QED) is 0.212. The highest BCUT2D eigenvalue weighted by Crippen LogP contribution is 2.47. The molecule has 0 aliphatic carbocycles. The molecule has 0 amide bonds. The van der Waals surface area contributed by atoms with Crippen LogP contribution >= 0.6 is 54.5 Å². The first-order valence-electron chi connectivity index (χ1n) is 8.17. The van der Waals surface area contributed by atoms with E-state index in [0.717, 1.165) is 7.57 Å². The summed E-state index contributed by atoms with van der Waals surface area (Å²) >= 11 is 10.8. The average Bonchev–Trinajstić information content (AvgIpc) is 3.27. The smallest absolute Gasteiger partial charge is 0.0705 e. The standard InChI is InChI=1S/C22H12Br2S2/c23-19-11-9-17(25-19)21-13-5-1-2-6-14(13)22(18-10-12-20(24)26-18)16-8-4-3-7-15(16)21/h1-12H. The molecule has 0 radical (unpaired) electrons. The highest BCUT2D eigenvalue weighted by Gasteiger charge is 2.17. The van der Waals surface area contributed by atoms with Crippen LogP contribution in [-0.2, 0) is 0 Å². The number of hydrogen-bond donors (Lipinski definition) is 0. The lowest BCUT2D eigenvalue weighted by atomic mass is 9.90. The molecule has 3 aromatic carbocycles. The van der Waals surface area contributed by atoms with Crippen LogP contribution in [0, 0.1) is 0 Å². The monoisotopic (exact) mass is 498 g/mol. The van der Waals surface area contributed by atoms with Gasteiger partial charge in [-0.25, -0.2) is 0 Å². The molecule has 2 heterocycles. The number of rotatable bonds is 2. The van der Waals surface area contributed by atoms with Crippen molar-refractivity contribution in [3.05, 3.63) is 80.4 Å². The fourth-order valence-electron chi connectivity index (χ4n) is 3.56. The Hall–Kier alpha value is -1.46. The summed E-state index contributed by atoms with van der Waals surface area (Å²) in [5, 5.41) is 5.22. The molecule has 0 aliphatic heterocycles. The van der Waals surface area contributed by atoms with E-state index in [1.54, 1.807) is 22.7 Å². The molecule has 5 rings (SSSR count). The van der Waals surface area contributed by atoms with Crippen molar-refractivity contribution < 1.29 is 0 Å². The van der Waals surface area contributed by atoms with Crippen molar-refractivity contribution in [1.82, 2.24) is 0 Å². The van der Waals surface area contributed by atoms with E-state index in [2.05, 4.69) is 105 Å². The first kappa shape index (κ1) is 16.7. The van der Waals surface area contributed by atoms with Gasteiger partial charge in [-0.05, 0) is 77.7 Å². The van der Waals surface area contributed by atoms with Gasteiger partial charge in [-0.15, -0.1) is 22.7 Å². The maximum Gasteiger partial charge on any atom is 0.0705 e. The molecule has 0 bridgehead atoms. The summed E-state index contributed by atoms with van der Waals surface area (Å²) in [5.74, 6) is 0. The van der Waals surface area contributed by atoms with E-state index in [1.165, 1.54) is 42.4 Å². The molecule has 5 aromatic rings. The summed E-state index contributed by atoms with van der Waals surface area (Å²) < 4.78 is 2.32. The third-order valence-corrected chi connectivity index (χ3v) is 7.85. The van der Waals surface area contributed by atoms with Gasteiger partial charge in [-0.1, -0.05) is 48.5 Å². The Morgan fingerprint density at radius 3 is 1.08 bits per heavy atom. The molecular weight excluding hydrogens is 488 g/mol. The highest BCUT2D eigenvalue weighted by atomic mass is 79.9. The molecule has 0 nitrogen and oxygen atoms in total. The summed E-state index contributed by atoms with van der Waals surface area (Å²) in [5.41, 5.74) is 2.65. The highest BCUT2D eigenvalue weighted by molar-refractivity contribution is 9.11. The van der Waals surface area contributed by atoms with Gasteiger partial charge in [0.15, 0.2) is 0 Å². The Kier molecular flexibility index (Phi) is 4.24. The molecule has 0 N–H and O–H groups in total. The number of hydrogen-bond acceptors (Lipinski definition) is 2. The van der Waals surface area contributed by atoms with E-state index in [4.69, 9.17) is 0 Å². The zero-order valence-electron chi connectivity index (χ0n) is 13.5. The van der Waals surface area contributed by atoms with E-state index < -0.39 is 0 Å². The molecule has 0 saturated carbocycles. The van der Waals surface area contributed by atoms with Crippen molar-refractivity contribution in [1.29, 1.82) is 0 Å². The molecule has 126 valence electrons. The van der Waals surface area contributed by atoms with Crippen molar-refractivity contribution in [3.8, 4) is 20.9 Å². The molecule has 0 atom stereocenters. The molecule has 2 aromatic heterocycles. The summed E-state index contributed by atoms with van der Waals surface area (Å²) in [7, 11) is 0. The van der Waals surface area contributed by atoms with Crippen LogP contribution in [0.15, 0.2) is 80.4 Å². The molecular formula is C22H12Br2S2. The summed E-state index contributed by atoms with van der Waals surface area (Å²) in [6, 6.07) is 26.2. The van der Waals surface area contributed by atoms with Gasteiger partial charge in [0.05, 0.1) is 7.57 Å². The third-order valence-electron chi connectivity index (χ3n) is 4.57. The molecule has 4 heteroatoms. The Labute approximate surface area is 176 Å². The van der Waals surface area contributed by atoms with E-state index in [-0.39, 0.29) is 0 Å². The minimum atomic E-state index is 1.16. The third kappa shape index (κ3) is 2.67. The molecule has 26 heavy (non-hydrogen) atoms. The van der Waals surface area contributed by atoms with Gasteiger partial charge in [-0.2, -0.15) is 0 Å². The van der Waals surface area contributed by atoms with E-state index in [1.807, 2.05) is 0 Å². The Bertz CT molecular complexity index is 1110. The summed E-state index contributed by atoms with van der Waals surface area (Å²) in [6.07, 6.45) is 0. The van der Waals surface area contributed by atoms with Crippen LogP contribution in [0.25, 0.3) is 42.4 Å². The maximum atomic E-state index is 3.63. The fraction of sp³-hybridized carbons (Fsp3) is 0. The van der Waals surface area contributed by atoms with Gasteiger partial charge < -0.3 is 0 Å². The van der Waals surface area contributed by atoms with Crippen molar-refractivity contribution in [3.63, 3.8) is 0 Å². The Morgan fingerprint density at radius 1 is 0.462 bits per heavy atom. The van der Waals surface area contributed by atoms with Gasteiger partial charge in [0.1, 0.15) is 0 Å². The largest absolute Gasteiger partial charge is 0.128 e. The first-order valence-corrected chi connectivity index (χ1v) is 11.4. The minimum Gasteiger partial charge on any atom is -0.128 e. The normalized spacial score (nSPS) is 11.5. The zero-order chi connectivity index (χ0) is 17.7. The van der Waals surface area contributed by atoms with Crippen LogP contribution < -0.4 is 0 Å². The topological polar surface area (TPSA) is 0 Å². The number of thiophene rings is 2. The summed E-state index contributed by atoms with van der Waals surface area (Å²) in [6.45, 7) is 0. The molecule has 0 unspecified atom stereocenters. The lowest BCUT2D eigenvalue weighted by Gasteiger charge is -2.15. The van der Waals surface area contributed by atoms with Crippen LogP contribution in [0.3, 0.4) is 0 Å². The van der Waals surface area contributed by atoms with Gasteiger partial charge in [0.2, 0.25) is 0 Å². The second-order valence-electron chi connectivity index (χ2n) is 6.05. The lowest BCUT2D eigenvalue weighted by molar-refractivity contribution is 1.74. The van der Waals surface area contributed by atoms with E-state index in [0.29, 0.717) is 0 Å². The maximum absolute atomic E-state index is 3.63. The summed E-state index contributed by atoms with van der Waals surface area (Å²) in [4.78, 5) is 2.59. The van der Waals surface area contributed by atoms with Crippen LogP contribution in [-0.4, -0.2) is 0 Å². The minimum absolute atomic E-state index is 1.16. The molecule has 0 saturated heterocycles. The van der Waals surface area contributed by atoms with Crippen molar-refractivity contribution >= 4 is 76.1 Å². The lowest BCUT2D eigenvalue weighted by Crippen LogP contribution is -1.87. The van der Waals surface area contributed by atoms with Gasteiger partial charge in [0, 0.05) is 20.9 Å².